The SMILES string of the molecule is Cc1cc(-c2c(C)cc(F)cc2C)cc(CCC(=O)O)c1F. The third-order valence-corrected chi connectivity index (χ3v) is 3.72. The van der Waals surface area contributed by atoms with Crippen LogP contribution in [0.25, 0.3) is 11.1 Å². The number of aryl methyl sites for hydroxylation is 4. The molecule has 4 heteroatoms. The number of rotatable bonds is 4. The van der Waals surface area contributed by atoms with Gasteiger partial charge in [-0.15, -0.1) is 0 Å². The first-order valence-electron chi connectivity index (χ1n) is 7.07. The maximum absolute atomic E-state index is 14.2. The quantitative estimate of drug-likeness (QED) is 0.898. The van der Waals surface area contributed by atoms with Crippen molar-refractivity contribution in [3.63, 3.8) is 0 Å². The van der Waals surface area contributed by atoms with E-state index in [0.717, 1.165) is 22.3 Å². The average molecular weight is 304 g/mol. The summed E-state index contributed by atoms with van der Waals surface area (Å²) in [7, 11) is 0. The van der Waals surface area contributed by atoms with Crippen LogP contribution in [0, 0.1) is 32.4 Å². The van der Waals surface area contributed by atoms with E-state index < -0.39 is 5.97 Å². The maximum Gasteiger partial charge on any atom is 0.303 e. The number of benzene rings is 2. The summed E-state index contributed by atoms with van der Waals surface area (Å²) in [5, 5.41) is 8.78. The second-order valence-electron chi connectivity index (χ2n) is 5.57. The summed E-state index contributed by atoms with van der Waals surface area (Å²) in [6.45, 7) is 5.26. The molecule has 116 valence electrons. The van der Waals surface area contributed by atoms with Crippen molar-refractivity contribution in [2.75, 3.05) is 0 Å². The molecule has 0 radical (unpaired) electrons. The Kier molecular flexibility index (Phi) is 4.59. The Hall–Kier alpha value is -2.23. The molecule has 0 fully saturated rings. The number of hydrogen-bond donors (Lipinski definition) is 1. The van der Waals surface area contributed by atoms with E-state index in [2.05, 4.69) is 0 Å². The van der Waals surface area contributed by atoms with E-state index >= 15 is 0 Å². The van der Waals surface area contributed by atoms with Gasteiger partial charge < -0.3 is 5.11 Å². The number of hydrogen-bond acceptors (Lipinski definition) is 1. The zero-order valence-corrected chi connectivity index (χ0v) is 12.8. The summed E-state index contributed by atoms with van der Waals surface area (Å²) in [5.41, 5.74) is 4.03. The van der Waals surface area contributed by atoms with Gasteiger partial charge in [0, 0.05) is 6.42 Å². The minimum atomic E-state index is -0.961. The van der Waals surface area contributed by atoms with Crippen LogP contribution in [0.5, 0.6) is 0 Å². The van der Waals surface area contributed by atoms with Crippen molar-refractivity contribution in [1.82, 2.24) is 0 Å². The van der Waals surface area contributed by atoms with Gasteiger partial charge in [-0.2, -0.15) is 0 Å². The zero-order valence-electron chi connectivity index (χ0n) is 12.8. The van der Waals surface area contributed by atoms with Crippen molar-refractivity contribution in [2.45, 2.75) is 33.6 Å². The lowest BCUT2D eigenvalue weighted by Gasteiger charge is -2.14. The number of carboxylic acids is 1. The highest BCUT2D eigenvalue weighted by molar-refractivity contribution is 5.72. The topological polar surface area (TPSA) is 37.3 Å². The van der Waals surface area contributed by atoms with Crippen LogP contribution in [0.2, 0.25) is 0 Å². The number of aliphatic carboxylic acids is 1. The van der Waals surface area contributed by atoms with Crippen molar-refractivity contribution >= 4 is 5.97 Å². The molecular formula is C18H18F2O2. The number of carboxylic acid groups (broad SMARTS) is 1. The molecule has 0 saturated heterocycles. The molecule has 2 aromatic rings. The summed E-state index contributed by atoms with van der Waals surface area (Å²) in [6.07, 6.45) is 0.0103. The first kappa shape index (κ1) is 16.1. The molecule has 2 nitrogen and oxygen atoms in total. The van der Waals surface area contributed by atoms with E-state index in [1.165, 1.54) is 12.1 Å². The first-order valence-corrected chi connectivity index (χ1v) is 7.07. The molecule has 0 heterocycles. The molecule has 0 aromatic heterocycles. The largest absolute Gasteiger partial charge is 0.481 e. The van der Waals surface area contributed by atoms with Crippen LogP contribution in [0.1, 0.15) is 28.7 Å². The maximum atomic E-state index is 14.2. The normalized spacial score (nSPS) is 10.8. The predicted molar refractivity (Wildman–Crippen MR) is 82.0 cm³/mol. The van der Waals surface area contributed by atoms with E-state index in [-0.39, 0.29) is 24.5 Å². The van der Waals surface area contributed by atoms with Gasteiger partial charge >= 0.3 is 5.97 Å². The van der Waals surface area contributed by atoms with Gasteiger partial charge in [-0.1, -0.05) is 0 Å². The highest BCUT2D eigenvalue weighted by Crippen LogP contribution is 2.31. The van der Waals surface area contributed by atoms with E-state index in [9.17, 15) is 13.6 Å². The summed E-state index contributed by atoms with van der Waals surface area (Å²) < 4.78 is 27.6. The minimum Gasteiger partial charge on any atom is -0.481 e. The monoisotopic (exact) mass is 304 g/mol. The van der Waals surface area contributed by atoms with Crippen molar-refractivity contribution in [1.29, 1.82) is 0 Å². The Morgan fingerprint density at radius 2 is 1.59 bits per heavy atom. The molecule has 0 spiro atoms. The first-order chi connectivity index (χ1) is 10.3. The highest BCUT2D eigenvalue weighted by Gasteiger charge is 2.14. The van der Waals surface area contributed by atoms with Gasteiger partial charge in [-0.25, -0.2) is 8.78 Å². The summed E-state index contributed by atoms with van der Waals surface area (Å²) >= 11 is 0. The standard InChI is InChI=1S/C18H18F2O2/c1-10-7-15(19)8-11(2)17(10)14-6-12(3)18(20)13(9-14)4-5-16(21)22/h6-9H,4-5H2,1-3H3,(H,21,22). The molecule has 0 bridgehead atoms. The third kappa shape index (κ3) is 3.32. The van der Waals surface area contributed by atoms with Crippen LogP contribution in [0.3, 0.4) is 0 Å². The molecule has 0 amide bonds. The lowest BCUT2D eigenvalue weighted by atomic mass is 9.92. The van der Waals surface area contributed by atoms with Crippen molar-refractivity contribution < 1.29 is 18.7 Å². The highest BCUT2D eigenvalue weighted by atomic mass is 19.1. The minimum absolute atomic E-state index is 0.124. The smallest absolute Gasteiger partial charge is 0.303 e. The van der Waals surface area contributed by atoms with Gasteiger partial charge in [0.15, 0.2) is 0 Å². The molecule has 1 N–H and O–H groups in total. The Morgan fingerprint density at radius 1 is 1.00 bits per heavy atom. The van der Waals surface area contributed by atoms with Crippen molar-refractivity contribution in [3.05, 3.63) is 58.2 Å². The van der Waals surface area contributed by atoms with Crippen LogP contribution in [0.4, 0.5) is 8.78 Å². The van der Waals surface area contributed by atoms with Gasteiger partial charge in [0.2, 0.25) is 0 Å². The molecule has 22 heavy (non-hydrogen) atoms. The number of carbonyl (C=O) groups is 1. The summed E-state index contributed by atoms with van der Waals surface area (Å²) in [5.74, 6) is -1.64. The second-order valence-corrected chi connectivity index (χ2v) is 5.57. The number of halogens is 2. The Balaban J connectivity index is 2.55. The molecule has 0 aliphatic rings. The average Bonchev–Trinajstić information content (AvgIpc) is 2.39. The van der Waals surface area contributed by atoms with Gasteiger partial charge in [0.25, 0.3) is 0 Å². The Morgan fingerprint density at radius 3 is 2.14 bits per heavy atom. The fourth-order valence-electron chi connectivity index (χ4n) is 2.78. The van der Waals surface area contributed by atoms with Crippen LogP contribution >= 0.6 is 0 Å². The van der Waals surface area contributed by atoms with Crippen LogP contribution < -0.4 is 0 Å². The predicted octanol–water partition coefficient (Wildman–Crippen LogP) is 4.57. The van der Waals surface area contributed by atoms with Gasteiger partial charge in [0.05, 0.1) is 0 Å². The van der Waals surface area contributed by atoms with Gasteiger partial charge in [-0.05, 0) is 84.8 Å². The molecule has 0 aliphatic heterocycles. The van der Waals surface area contributed by atoms with Crippen LogP contribution in [-0.2, 0) is 11.2 Å². The van der Waals surface area contributed by atoms with Gasteiger partial charge in [-0.3, -0.25) is 4.79 Å². The van der Waals surface area contributed by atoms with E-state index in [1.54, 1.807) is 32.9 Å². The summed E-state index contributed by atoms with van der Waals surface area (Å²) in [6, 6.07) is 6.27. The molecule has 2 rings (SSSR count). The van der Waals surface area contributed by atoms with E-state index in [4.69, 9.17) is 5.11 Å². The van der Waals surface area contributed by atoms with Crippen molar-refractivity contribution in [3.8, 4) is 11.1 Å². The lowest BCUT2D eigenvalue weighted by molar-refractivity contribution is -0.136. The molecule has 0 saturated carbocycles. The molecule has 0 aliphatic carbocycles. The van der Waals surface area contributed by atoms with Crippen LogP contribution in [0.15, 0.2) is 24.3 Å². The van der Waals surface area contributed by atoms with E-state index in [1.807, 2.05) is 0 Å². The molecular weight excluding hydrogens is 286 g/mol. The Labute approximate surface area is 128 Å². The molecule has 0 unspecified atom stereocenters. The molecule has 0 atom stereocenters. The second kappa shape index (κ2) is 6.26. The fraction of sp³-hybridized carbons (Fsp3) is 0.278. The molecule has 2 aromatic carbocycles. The third-order valence-electron chi connectivity index (χ3n) is 3.72. The van der Waals surface area contributed by atoms with Crippen molar-refractivity contribution in [2.24, 2.45) is 0 Å². The Bertz CT molecular complexity index is 713. The van der Waals surface area contributed by atoms with Crippen LogP contribution in [-0.4, -0.2) is 11.1 Å². The summed E-state index contributed by atoms with van der Waals surface area (Å²) in [4.78, 5) is 10.7. The fourth-order valence-corrected chi connectivity index (χ4v) is 2.78. The lowest BCUT2D eigenvalue weighted by Crippen LogP contribution is -2.02. The van der Waals surface area contributed by atoms with Gasteiger partial charge in [0.1, 0.15) is 11.6 Å². The zero-order chi connectivity index (χ0) is 16.4. The van der Waals surface area contributed by atoms with E-state index in [0.29, 0.717) is 11.1 Å².